The van der Waals surface area contributed by atoms with Crippen molar-refractivity contribution in [3.05, 3.63) is 29.6 Å². The number of amides is 1. The van der Waals surface area contributed by atoms with E-state index in [2.05, 4.69) is 28.7 Å². The second kappa shape index (κ2) is 6.08. The number of rotatable bonds is 4. The van der Waals surface area contributed by atoms with Gasteiger partial charge in [-0.05, 0) is 31.0 Å². The maximum atomic E-state index is 12.3. The Morgan fingerprint density at radius 2 is 2.32 bits per heavy atom. The number of fused-ring (bicyclic) bond motifs is 1. The van der Waals surface area contributed by atoms with E-state index in [0.29, 0.717) is 18.0 Å². The molecule has 2 heterocycles. The van der Waals surface area contributed by atoms with Crippen LogP contribution >= 0.6 is 0 Å². The fourth-order valence-corrected chi connectivity index (χ4v) is 2.99. The van der Waals surface area contributed by atoms with Crippen molar-refractivity contribution in [2.24, 2.45) is 7.05 Å². The van der Waals surface area contributed by atoms with Crippen LogP contribution in [0, 0.1) is 0 Å². The van der Waals surface area contributed by atoms with Crippen LogP contribution in [0.2, 0.25) is 0 Å². The van der Waals surface area contributed by atoms with Gasteiger partial charge >= 0.3 is 0 Å². The minimum Gasteiger partial charge on any atom is -0.376 e. The van der Waals surface area contributed by atoms with Crippen molar-refractivity contribution in [3.63, 3.8) is 0 Å². The van der Waals surface area contributed by atoms with Crippen molar-refractivity contribution < 1.29 is 9.53 Å². The molecule has 0 spiro atoms. The molecule has 1 aromatic carbocycles. The molecule has 1 aliphatic rings. The van der Waals surface area contributed by atoms with E-state index >= 15 is 0 Å². The molecular formula is C17H23N3O2. The summed E-state index contributed by atoms with van der Waals surface area (Å²) in [7, 11) is 2.02. The Morgan fingerprint density at radius 3 is 3.00 bits per heavy atom. The fourth-order valence-electron chi connectivity index (χ4n) is 2.99. The first kappa shape index (κ1) is 15.0. The summed E-state index contributed by atoms with van der Waals surface area (Å²) < 4.78 is 7.62. The van der Waals surface area contributed by atoms with Gasteiger partial charge in [-0.3, -0.25) is 4.79 Å². The zero-order chi connectivity index (χ0) is 15.7. The van der Waals surface area contributed by atoms with Gasteiger partial charge in [0.15, 0.2) is 0 Å². The number of ether oxygens (including phenoxy) is 1. The van der Waals surface area contributed by atoms with Crippen molar-refractivity contribution in [1.29, 1.82) is 0 Å². The number of nitrogens with one attached hydrogen (secondary N) is 1. The van der Waals surface area contributed by atoms with Crippen LogP contribution < -0.4 is 5.32 Å². The van der Waals surface area contributed by atoms with Crippen LogP contribution in [-0.2, 0) is 11.8 Å². The molecule has 5 nitrogen and oxygen atoms in total. The van der Waals surface area contributed by atoms with Gasteiger partial charge in [0.25, 0.3) is 5.91 Å². The number of aryl methyl sites for hydroxylation is 1. The lowest BCUT2D eigenvalue weighted by Gasteiger charge is -2.10. The molecule has 1 fully saturated rings. The second-order valence-electron chi connectivity index (χ2n) is 6.23. The summed E-state index contributed by atoms with van der Waals surface area (Å²) in [4.78, 5) is 16.9. The fraction of sp³-hybridized carbons (Fsp3) is 0.529. The Hall–Kier alpha value is -1.88. The van der Waals surface area contributed by atoms with Crippen LogP contribution in [0.4, 0.5) is 0 Å². The number of imidazole rings is 1. The monoisotopic (exact) mass is 301 g/mol. The largest absolute Gasteiger partial charge is 0.376 e. The maximum absolute atomic E-state index is 12.3. The lowest BCUT2D eigenvalue weighted by atomic mass is 10.1. The zero-order valence-corrected chi connectivity index (χ0v) is 13.4. The first-order valence-electron chi connectivity index (χ1n) is 7.92. The van der Waals surface area contributed by atoms with E-state index in [1.807, 2.05) is 25.2 Å². The first-order chi connectivity index (χ1) is 10.6. The van der Waals surface area contributed by atoms with Crippen LogP contribution in [0.5, 0.6) is 0 Å². The number of hydrogen-bond acceptors (Lipinski definition) is 3. The van der Waals surface area contributed by atoms with Gasteiger partial charge in [0.05, 0.1) is 17.1 Å². The second-order valence-corrected chi connectivity index (χ2v) is 6.23. The van der Waals surface area contributed by atoms with Crippen molar-refractivity contribution in [2.45, 2.75) is 38.7 Å². The van der Waals surface area contributed by atoms with Crippen molar-refractivity contribution >= 4 is 16.9 Å². The highest BCUT2D eigenvalue weighted by molar-refractivity contribution is 5.97. The molecule has 3 rings (SSSR count). The molecule has 1 aliphatic heterocycles. The Bertz CT molecular complexity index is 685. The molecule has 118 valence electrons. The van der Waals surface area contributed by atoms with Gasteiger partial charge < -0.3 is 14.6 Å². The van der Waals surface area contributed by atoms with E-state index in [4.69, 9.17) is 4.74 Å². The van der Waals surface area contributed by atoms with Gasteiger partial charge in [0, 0.05) is 31.7 Å². The number of carbonyl (C=O) groups is 1. The van der Waals surface area contributed by atoms with Gasteiger partial charge in [0.2, 0.25) is 0 Å². The lowest BCUT2D eigenvalue weighted by molar-refractivity contribution is 0.0858. The molecule has 0 aliphatic carbocycles. The molecular weight excluding hydrogens is 278 g/mol. The molecule has 1 atom stereocenters. The third kappa shape index (κ3) is 2.86. The van der Waals surface area contributed by atoms with Gasteiger partial charge in [-0.2, -0.15) is 0 Å². The average Bonchev–Trinajstić information content (AvgIpc) is 3.12. The van der Waals surface area contributed by atoms with Gasteiger partial charge in [-0.15, -0.1) is 0 Å². The summed E-state index contributed by atoms with van der Waals surface area (Å²) in [5.41, 5.74) is 2.58. The maximum Gasteiger partial charge on any atom is 0.251 e. The Morgan fingerprint density at radius 1 is 1.50 bits per heavy atom. The van der Waals surface area contributed by atoms with Crippen LogP contribution in [0.1, 0.15) is 48.8 Å². The van der Waals surface area contributed by atoms with E-state index in [9.17, 15) is 4.79 Å². The SMILES string of the molecule is CC(C)c1nc2cc(C(=O)NCC3CCCO3)ccc2n1C. The third-order valence-corrected chi connectivity index (χ3v) is 4.21. The van der Waals surface area contributed by atoms with Gasteiger partial charge in [0.1, 0.15) is 5.82 Å². The summed E-state index contributed by atoms with van der Waals surface area (Å²) in [5, 5.41) is 2.95. The van der Waals surface area contributed by atoms with E-state index in [1.165, 1.54) is 0 Å². The number of benzene rings is 1. The Labute approximate surface area is 130 Å². The van der Waals surface area contributed by atoms with Crippen molar-refractivity contribution in [3.8, 4) is 0 Å². The van der Waals surface area contributed by atoms with Crippen LogP contribution in [-0.4, -0.2) is 34.7 Å². The minimum absolute atomic E-state index is 0.0610. The molecule has 2 aromatic rings. The summed E-state index contributed by atoms with van der Waals surface area (Å²) >= 11 is 0. The predicted octanol–water partition coefficient (Wildman–Crippen LogP) is 2.61. The first-order valence-corrected chi connectivity index (χ1v) is 7.92. The van der Waals surface area contributed by atoms with Crippen molar-refractivity contribution in [2.75, 3.05) is 13.2 Å². The quantitative estimate of drug-likeness (QED) is 0.944. The summed E-state index contributed by atoms with van der Waals surface area (Å²) in [6, 6.07) is 5.69. The molecule has 1 saturated heterocycles. The molecule has 1 unspecified atom stereocenters. The highest BCUT2D eigenvalue weighted by Gasteiger charge is 2.17. The topological polar surface area (TPSA) is 56.1 Å². The van der Waals surface area contributed by atoms with Gasteiger partial charge in [-0.1, -0.05) is 13.8 Å². The molecule has 1 aromatic heterocycles. The van der Waals surface area contributed by atoms with E-state index in [0.717, 1.165) is 36.3 Å². The molecule has 1 N–H and O–H groups in total. The number of nitrogens with zero attached hydrogens (tertiary/aromatic N) is 2. The average molecular weight is 301 g/mol. The van der Waals surface area contributed by atoms with E-state index < -0.39 is 0 Å². The van der Waals surface area contributed by atoms with Crippen LogP contribution in [0.25, 0.3) is 11.0 Å². The minimum atomic E-state index is -0.0610. The standard InChI is InChI=1S/C17H23N3O2/c1-11(2)16-19-14-9-12(6-7-15(14)20(16)3)17(21)18-10-13-5-4-8-22-13/h6-7,9,11,13H,4-5,8,10H2,1-3H3,(H,18,21). The van der Waals surface area contributed by atoms with E-state index in [1.54, 1.807) is 0 Å². The highest BCUT2D eigenvalue weighted by atomic mass is 16.5. The predicted molar refractivity (Wildman–Crippen MR) is 86.1 cm³/mol. The normalized spacial score (nSPS) is 18.3. The zero-order valence-electron chi connectivity index (χ0n) is 13.4. The summed E-state index contributed by atoms with van der Waals surface area (Å²) in [6.45, 7) is 5.63. The lowest BCUT2D eigenvalue weighted by Crippen LogP contribution is -2.31. The molecule has 22 heavy (non-hydrogen) atoms. The summed E-state index contributed by atoms with van der Waals surface area (Å²) in [5.74, 6) is 1.33. The molecule has 5 heteroatoms. The smallest absolute Gasteiger partial charge is 0.251 e. The number of aromatic nitrogens is 2. The Balaban J connectivity index is 1.77. The van der Waals surface area contributed by atoms with Gasteiger partial charge in [-0.25, -0.2) is 4.98 Å². The molecule has 1 amide bonds. The molecule has 0 saturated carbocycles. The molecule has 0 radical (unpaired) electrons. The van der Waals surface area contributed by atoms with E-state index in [-0.39, 0.29) is 12.0 Å². The van der Waals surface area contributed by atoms with Crippen LogP contribution in [0.15, 0.2) is 18.2 Å². The van der Waals surface area contributed by atoms with Crippen LogP contribution in [0.3, 0.4) is 0 Å². The number of carbonyl (C=O) groups excluding carboxylic acids is 1. The third-order valence-electron chi connectivity index (χ3n) is 4.21. The highest BCUT2D eigenvalue weighted by Crippen LogP contribution is 2.21. The van der Waals surface area contributed by atoms with Crippen molar-refractivity contribution in [1.82, 2.24) is 14.9 Å². The number of hydrogen-bond donors (Lipinski definition) is 1. The Kier molecular flexibility index (Phi) is 4.16. The summed E-state index contributed by atoms with van der Waals surface area (Å²) in [6.07, 6.45) is 2.27. The molecule has 0 bridgehead atoms.